The maximum absolute atomic E-state index is 15.0. The third-order valence-electron chi connectivity index (χ3n) is 13.6. The molecule has 7 rings (SSSR count). The van der Waals surface area contributed by atoms with Gasteiger partial charge in [-0.2, -0.15) is 13.2 Å². The molecule has 13 nitrogen and oxygen atoms in total. The second-order valence-electron chi connectivity index (χ2n) is 18.7. The molecule has 2 saturated carbocycles. The third-order valence-corrected chi connectivity index (χ3v) is 15.8. The first-order chi connectivity index (χ1) is 28.6. The van der Waals surface area contributed by atoms with Crippen molar-refractivity contribution in [1.82, 2.24) is 14.6 Å². The summed E-state index contributed by atoms with van der Waals surface area (Å²) < 4.78 is 86.3. The van der Waals surface area contributed by atoms with Gasteiger partial charge < -0.3 is 24.0 Å². The quantitative estimate of drug-likeness (QED) is 0.223. The van der Waals surface area contributed by atoms with Gasteiger partial charge in [-0.15, -0.1) is 0 Å². The summed E-state index contributed by atoms with van der Waals surface area (Å²) in [6, 6.07) is 6.43. The third kappa shape index (κ3) is 9.28. The zero-order chi connectivity index (χ0) is 44.1. The van der Waals surface area contributed by atoms with Crippen LogP contribution >= 0.6 is 0 Å². The van der Waals surface area contributed by atoms with Crippen molar-refractivity contribution in [3.8, 4) is 5.88 Å². The highest BCUT2D eigenvalue weighted by molar-refractivity contribution is 7.91. The Balaban J connectivity index is 1.22. The van der Waals surface area contributed by atoms with E-state index in [2.05, 4.69) is 9.62 Å². The predicted molar refractivity (Wildman–Crippen MR) is 220 cm³/mol. The van der Waals surface area contributed by atoms with Crippen LogP contribution in [0.1, 0.15) is 92.4 Å². The molecule has 2 saturated heterocycles. The predicted octanol–water partition coefficient (Wildman–Crippen LogP) is 6.29. The van der Waals surface area contributed by atoms with Crippen molar-refractivity contribution in [3.05, 3.63) is 42.6 Å². The highest BCUT2D eigenvalue weighted by Gasteiger charge is 2.63. The van der Waals surface area contributed by atoms with E-state index in [1.54, 1.807) is 20.0 Å². The molecule has 0 radical (unpaired) electrons. The van der Waals surface area contributed by atoms with Gasteiger partial charge in [0.1, 0.15) is 6.10 Å². The molecular formula is C44H57F3N4O9S. The van der Waals surface area contributed by atoms with Gasteiger partial charge in [0.05, 0.1) is 60.2 Å². The molecule has 0 spiro atoms. The van der Waals surface area contributed by atoms with Gasteiger partial charge in [0.15, 0.2) is 5.78 Å². The number of nitrogens with one attached hydrogen (secondary N) is 1. The zero-order valence-corrected chi connectivity index (χ0v) is 36.3. The van der Waals surface area contributed by atoms with E-state index in [9.17, 15) is 40.8 Å². The number of alkyl halides is 3. The molecule has 0 unspecified atom stereocenters. The molecule has 0 bridgehead atoms. The Hall–Kier alpha value is -4.25. The van der Waals surface area contributed by atoms with Crippen LogP contribution in [-0.2, 0) is 38.7 Å². The fourth-order valence-corrected chi connectivity index (χ4v) is 10.4. The minimum absolute atomic E-state index is 0.0105. The van der Waals surface area contributed by atoms with E-state index < -0.39 is 91.8 Å². The Morgan fingerprint density at radius 1 is 1.05 bits per heavy atom. The van der Waals surface area contributed by atoms with E-state index in [-0.39, 0.29) is 37.6 Å². The Kier molecular flexibility index (Phi) is 12.3. The molecule has 4 heterocycles. The minimum Gasteiger partial charge on any atom is -0.472 e. The first kappa shape index (κ1) is 44.8. The average Bonchev–Trinajstić information content (AvgIpc) is 4.08. The molecule has 5 aliphatic rings. The molecule has 3 aliphatic heterocycles. The van der Waals surface area contributed by atoms with E-state index >= 15 is 0 Å². The van der Waals surface area contributed by atoms with Gasteiger partial charge in [0.25, 0.3) is 0 Å². The fraction of sp³-hybridized carbons (Fsp3) is 0.659. The van der Waals surface area contributed by atoms with Crippen LogP contribution in [0.4, 0.5) is 18.9 Å². The zero-order valence-electron chi connectivity index (χ0n) is 35.5. The topological polar surface area (TPSA) is 162 Å². The number of sulfonamides is 1. The van der Waals surface area contributed by atoms with Crippen LogP contribution in [0.15, 0.2) is 42.6 Å². The van der Waals surface area contributed by atoms with Crippen LogP contribution in [0.3, 0.4) is 0 Å². The van der Waals surface area contributed by atoms with Gasteiger partial charge in [-0.05, 0) is 83.1 Å². The molecule has 4 fully saturated rings. The van der Waals surface area contributed by atoms with Crippen LogP contribution in [0.2, 0.25) is 0 Å². The lowest BCUT2D eigenvalue weighted by Gasteiger charge is -2.33. The molecule has 2 aromatic rings. The molecule has 61 heavy (non-hydrogen) atoms. The summed E-state index contributed by atoms with van der Waals surface area (Å²) in [7, 11) is -4.03. The maximum Gasteiger partial charge on any atom is 0.427 e. The largest absolute Gasteiger partial charge is 0.472 e. The fourth-order valence-electron chi connectivity index (χ4n) is 9.11. The molecule has 1 aromatic carbocycles. The van der Waals surface area contributed by atoms with Crippen molar-refractivity contribution >= 4 is 50.1 Å². The van der Waals surface area contributed by atoms with Crippen LogP contribution in [0.5, 0.6) is 5.88 Å². The number of anilines is 1. The molecular weight excluding hydrogens is 818 g/mol. The van der Waals surface area contributed by atoms with Crippen LogP contribution in [0.25, 0.3) is 10.8 Å². The van der Waals surface area contributed by atoms with Crippen LogP contribution in [-0.4, -0.2) is 103 Å². The average molecular weight is 875 g/mol. The summed E-state index contributed by atoms with van der Waals surface area (Å²) in [5.74, 6) is -4.86. The summed E-state index contributed by atoms with van der Waals surface area (Å²) in [5.41, 5.74) is -3.29. The lowest BCUT2D eigenvalue weighted by Crippen LogP contribution is -2.48. The van der Waals surface area contributed by atoms with Crippen molar-refractivity contribution in [1.29, 1.82) is 0 Å². The van der Waals surface area contributed by atoms with Crippen molar-refractivity contribution in [2.45, 2.75) is 121 Å². The number of amides is 2. The van der Waals surface area contributed by atoms with Crippen molar-refractivity contribution in [2.24, 2.45) is 29.1 Å². The number of pyridine rings is 1. The van der Waals surface area contributed by atoms with E-state index in [1.807, 2.05) is 43.3 Å². The van der Waals surface area contributed by atoms with Gasteiger partial charge in [0.2, 0.25) is 33.3 Å². The van der Waals surface area contributed by atoms with Crippen LogP contribution < -0.4 is 14.4 Å². The molecule has 1 N–H and O–H groups in total. The lowest BCUT2D eigenvalue weighted by atomic mass is 9.82. The number of benzene rings is 1. The van der Waals surface area contributed by atoms with Gasteiger partial charge >= 0.3 is 12.1 Å². The summed E-state index contributed by atoms with van der Waals surface area (Å²) in [6.07, 6.45) is 1.58. The van der Waals surface area contributed by atoms with Gasteiger partial charge in [-0.25, -0.2) is 13.4 Å². The Bertz CT molecular complexity index is 2170. The summed E-state index contributed by atoms with van der Waals surface area (Å²) in [6.45, 7) is 9.20. The maximum atomic E-state index is 15.0. The highest BCUT2D eigenvalue weighted by atomic mass is 32.2. The van der Waals surface area contributed by atoms with E-state index in [1.165, 1.54) is 4.90 Å². The van der Waals surface area contributed by atoms with E-state index in [0.717, 1.165) is 24.9 Å². The molecule has 1 aromatic heterocycles. The van der Waals surface area contributed by atoms with Gasteiger partial charge in [-0.1, -0.05) is 44.2 Å². The minimum atomic E-state index is -4.86. The second-order valence-corrected chi connectivity index (χ2v) is 20.9. The summed E-state index contributed by atoms with van der Waals surface area (Å²) in [5, 5.41) is 1.59. The molecule has 334 valence electrons. The van der Waals surface area contributed by atoms with Gasteiger partial charge in [-0.3, -0.25) is 23.9 Å². The molecule has 2 amide bonds. The number of esters is 1. The number of rotatable bonds is 9. The van der Waals surface area contributed by atoms with Crippen LogP contribution in [0, 0.1) is 29.1 Å². The number of carbonyl (C=O) groups excluding carboxylic acids is 4. The number of fused-ring (bicyclic) bond motifs is 3. The number of carbonyl (C=O) groups is 4. The molecule has 17 heteroatoms. The number of ketones is 1. The van der Waals surface area contributed by atoms with Gasteiger partial charge in [0, 0.05) is 36.7 Å². The number of aromatic nitrogens is 1. The highest BCUT2D eigenvalue weighted by Crippen LogP contribution is 2.58. The van der Waals surface area contributed by atoms with Crippen molar-refractivity contribution in [3.63, 3.8) is 0 Å². The SMILES string of the molecule is C[C@@H]1CC/C=C\[C@@H]2C[C@@]2(C(=O)NS(=O)(=O)C2(C)CC2)CC(=O)[C@@H]2C[C@@H](Oc3ncc(N4CCOCC4)c4ccccc34)CN2C(=O)[C@@H](CC(=O)OC(C)(C)C(F)(F)F)[C@H](C)C1. The van der Waals surface area contributed by atoms with E-state index in [0.29, 0.717) is 63.8 Å². The first-order valence-corrected chi connectivity index (χ1v) is 22.9. The second kappa shape index (κ2) is 16.8. The number of ether oxygens (including phenoxy) is 3. The number of morpholine rings is 1. The number of halogens is 3. The van der Waals surface area contributed by atoms with E-state index in [4.69, 9.17) is 19.2 Å². The Labute approximate surface area is 355 Å². The number of hydrogen-bond donors (Lipinski definition) is 1. The van der Waals surface area contributed by atoms with Crippen molar-refractivity contribution < 1.29 is 55.0 Å². The summed E-state index contributed by atoms with van der Waals surface area (Å²) in [4.78, 5) is 65.3. The number of hydrogen-bond acceptors (Lipinski definition) is 11. The first-order valence-electron chi connectivity index (χ1n) is 21.4. The molecule has 7 atom stereocenters. The number of Topliss-reactive ketones (excluding diaryl/α,β-unsaturated/α-hetero) is 1. The standard InChI is InChI=1S/C44H57F3N4O9S/c1-27-10-6-7-11-29-23-43(29,40(55)49-61(56,57)42(5)14-15-42)24-36(52)34-21-30(59-38-32-13-9-8-12-31(32)35(25-48-38)50-16-18-58-19-17-50)26-51(34)39(54)33(28(2)20-27)22-37(53)60-41(3,4)44(45,46)47/h7-9,11-13,25,27-30,33-34H,6,10,14-24,26H2,1-5H3,(H,49,55)/b11-7-/t27-,28-,29-,30-,33+,34+,43-/m1/s1. The number of allylic oxidation sites excluding steroid dienone is 2. The smallest absolute Gasteiger partial charge is 0.427 e. The Morgan fingerprint density at radius 2 is 1.74 bits per heavy atom. The lowest BCUT2D eigenvalue weighted by molar-refractivity contribution is -0.257. The van der Waals surface area contributed by atoms with Crippen molar-refractivity contribution in [2.75, 3.05) is 37.7 Å². The monoisotopic (exact) mass is 874 g/mol. The Morgan fingerprint density at radius 3 is 2.41 bits per heavy atom. The normalized spacial score (nSPS) is 30.4. The molecule has 2 aliphatic carbocycles. The number of nitrogens with zero attached hydrogens (tertiary/aromatic N) is 3. The summed E-state index contributed by atoms with van der Waals surface area (Å²) >= 11 is 0.